The number of hydrogen-bond donors (Lipinski definition) is 0. The molecule has 0 spiro atoms. The average Bonchev–Trinajstić information content (AvgIpc) is 2.42. The average molecular weight is 325 g/mol. The highest BCUT2D eigenvalue weighted by Crippen LogP contribution is 2.34. The maximum atomic E-state index is 5.28. The summed E-state index contributed by atoms with van der Waals surface area (Å²) in [7, 11) is 3.34. The molecule has 0 atom stereocenters. The second-order valence-electron chi connectivity index (χ2n) is 3.57. The highest BCUT2D eigenvalue weighted by atomic mass is 79.9. The first-order chi connectivity index (χ1) is 8.72. The van der Waals surface area contributed by atoms with E-state index >= 15 is 0 Å². The Kier molecular flexibility index (Phi) is 4.55. The fourth-order valence-electron chi connectivity index (χ4n) is 1.48. The Bertz CT molecular complexity index is 526. The molecule has 0 unspecified atom stereocenters. The van der Waals surface area contributed by atoms with E-state index in [1.165, 1.54) is 4.90 Å². The highest BCUT2D eigenvalue weighted by molar-refractivity contribution is 9.10. The summed E-state index contributed by atoms with van der Waals surface area (Å²) in [5.74, 6) is 1.71. The molecule has 0 aliphatic carbocycles. The zero-order valence-corrected chi connectivity index (χ0v) is 12.5. The van der Waals surface area contributed by atoms with E-state index in [0.717, 1.165) is 20.9 Å². The van der Waals surface area contributed by atoms with Crippen LogP contribution in [0.4, 0.5) is 0 Å². The van der Waals surface area contributed by atoms with E-state index in [-0.39, 0.29) is 0 Å². The van der Waals surface area contributed by atoms with Crippen molar-refractivity contribution in [2.24, 2.45) is 0 Å². The maximum Gasteiger partial charge on any atom is 0.134 e. The molecule has 2 rings (SSSR count). The molecule has 2 aromatic carbocycles. The van der Waals surface area contributed by atoms with E-state index in [2.05, 4.69) is 22.0 Å². The van der Waals surface area contributed by atoms with Gasteiger partial charge in [-0.2, -0.15) is 0 Å². The van der Waals surface area contributed by atoms with E-state index in [1.54, 1.807) is 26.0 Å². The summed E-state index contributed by atoms with van der Waals surface area (Å²) in [6.45, 7) is 0. The van der Waals surface area contributed by atoms with Gasteiger partial charge in [-0.15, -0.1) is 0 Å². The minimum atomic E-state index is 0.841. The monoisotopic (exact) mass is 324 g/mol. The summed E-state index contributed by atoms with van der Waals surface area (Å²) in [4.78, 5) is 2.31. The molecule has 94 valence electrons. The molecule has 0 bridgehead atoms. The standard InChI is InChI=1S/C14H13BrO2S/c1-16-10-3-5-11(6-4-10)18-12-7-8-13(15)14(9-12)17-2/h3-9H,1-2H3. The van der Waals surface area contributed by atoms with Crippen molar-refractivity contribution in [3.05, 3.63) is 46.9 Å². The van der Waals surface area contributed by atoms with Crippen LogP contribution in [0.5, 0.6) is 11.5 Å². The van der Waals surface area contributed by atoms with Crippen LogP contribution in [-0.4, -0.2) is 14.2 Å². The minimum absolute atomic E-state index is 0.841. The summed E-state index contributed by atoms with van der Waals surface area (Å²) in [6, 6.07) is 14.1. The van der Waals surface area contributed by atoms with Crippen molar-refractivity contribution in [3.8, 4) is 11.5 Å². The number of hydrogen-bond acceptors (Lipinski definition) is 3. The van der Waals surface area contributed by atoms with Crippen molar-refractivity contribution in [1.29, 1.82) is 0 Å². The third-order valence-corrected chi connectivity index (χ3v) is 4.07. The molecule has 0 aromatic heterocycles. The second-order valence-corrected chi connectivity index (χ2v) is 5.58. The van der Waals surface area contributed by atoms with E-state index in [0.29, 0.717) is 0 Å². The Balaban J connectivity index is 2.17. The maximum absolute atomic E-state index is 5.28. The lowest BCUT2D eigenvalue weighted by Gasteiger charge is -2.07. The van der Waals surface area contributed by atoms with Crippen molar-refractivity contribution in [2.45, 2.75) is 9.79 Å². The lowest BCUT2D eigenvalue weighted by Crippen LogP contribution is -1.85. The van der Waals surface area contributed by atoms with Gasteiger partial charge in [-0.1, -0.05) is 11.8 Å². The van der Waals surface area contributed by atoms with E-state index in [9.17, 15) is 0 Å². The fourth-order valence-corrected chi connectivity index (χ4v) is 2.74. The minimum Gasteiger partial charge on any atom is -0.497 e. The van der Waals surface area contributed by atoms with Crippen molar-refractivity contribution < 1.29 is 9.47 Å². The van der Waals surface area contributed by atoms with Crippen LogP contribution in [0.25, 0.3) is 0 Å². The summed E-state index contributed by atoms with van der Waals surface area (Å²) in [5.41, 5.74) is 0. The molecule has 2 aromatic rings. The molecule has 0 aliphatic heterocycles. The zero-order chi connectivity index (χ0) is 13.0. The van der Waals surface area contributed by atoms with Crippen molar-refractivity contribution in [3.63, 3.8) is 0 Å². The largest absolute Gasteiger partial charge is 0.497 e. The van der Waals surface area contributed by atoms with Crippen LogP contribution in [0, 0.1) is 0 Å². The molecule has 18 heavy (non-hydrogen) atoms. The number of methoxy groups -OCH3 is 2. The van der Waals surface area contributed by atoms with Crippen molar-refractivity contribution in [1.82, 2.24) is 0 Å². The molecule has 0 aliphatic rings. The van der Waals surface area contributed by atoms with Gasteiger partial charge in [0.25, 0.3) is 0 Å². The molecule has 4 heteroatoms. The number of ether oxygens (including phenoxy) is 2. The lowest BCUT2D eigenvalue weighted by molar-refractivity contribution is 0.411. The molecule has 0 saturated heterocycles. The normalized spacial score (nSPS) is 10.2. The number of benzene rings is 2. The second kappa shape index (κ2) is 6.16. The predicted molar refractivity (Wildman–Crippen MR) is 77.8 cm³/mol. The van der Waals surface area contributed by atoms with Gasteiger partial charge in [-0.05, 0) is 58.4 Å². The first-order valence-electron chi connectivity index (χ1n) is 5.38. The Morgan fingerprint density at radius 3 is 2.17 bits per heavy atom. The SMILES string of the molecule is COc1ccc(Sc2ccc(Br)c(OC)c2)cc1. The summed E-state index contributed by atoms with van der Waals surface area (Å²) >= 11 is 5.13. The van der Waals surface area contributed by atoms with Crippen LogP contribution in [-0.2, 0) is 0 Å². The smallest absolute Gasteiger partial charge is 0.134 e. The highest BCUT2D eigenvalue weighted by Gasteiger charge is 2.03. The van der Waals surface area contributed by atoms with Gasteiger partial charge in [0.2, 0.25) is 0 Å². The molecule has 0 saturated carbocycles. The van der Waals surface area contributed by atoms with Crippen LogP contribution in [0.2, 0.25) is 0 Å². The number of rotatable bonds is 4. The van der Waals surface area contributed by atoms with Gasteiger partial charge in [-0.25, -0.2) is 0 Å². The molecule has 0 radical (unpaired) electrons. The number of halogens is 1. The van der Waals surface area contributed by atoms with Gasteiger partial charge < -0.3 is 9.47 Å². The van der Waals surface area contributed by atoms with Gasteiger partial charge in [0.15, 0.2) is 0 Å². The van der Waals surface area contributed by atoms with E-state index < -0.39 is 0 Å². The van der Waals surface area contributed by atoms with Crippen molar-refractivity contribution in [2.75, 3.05) is 14.2 Å². The van der Waals surface area contributed by atoms with Crippen LogP contribution < -0.4 is 9.47 Å². The molecule has 2 nitrogen and oxygen atoms in total. The van der Waals surface area contributed by atoms with E-state index in [1.807, 2.05) is 36.4 Å². The van der Waals surface area contributed by atoms with Gasteiger partial charge in [0.05, 0.1) is 18.7 Å². The lowest BCUT2D eigenvalue weighted by atomic mass is 10.3. The van der Waals surface area contributed by atoms with Gasteiger partial charge in [-0.3, -0.25) is 0 Å². The van der Waals surface area contributed by atoms with Crippen molar-refractivity contribution >= 4 is 27.7 Å². The fraction of sp³-hybridized carbons (Fsp3) is 0.143. The topological polar surface area (TPSA) is 18.5 Å². The Morgan fingerprint density at radius 1 is 0.889 bits per heavy atom. The summed E-state index contributed by atoms with van der Waals surface area (Å²) in [5, 5.41) is 0. The summed E-state index contributed by atoms with van der Waals surface area (Å²) in [6.07, 6.45) is 0. The first-order valence-corrected chi connectivity index (χ1v) is 6.99. The molecule has 0 N–H and O–H groups in total. The van der Waals surface area contributed by atoms with E-state index in [4.69, 9.17) is 9.47 Å². The van der Waals surface area contributed by atoms with Gasteiger partial charge in [0, 0.05) is 9.79 Å². The molecule has 0 heterocycles. The predicted octanol–water partition coefficient (Wildman–Crippen LogP) is 4.62. The van der Waals surface area contributed by atoms with Crippen LogP contribution in [0.1, 0.15) is 0 Å². The van der Waals surface area contributed by atoms with Gasteiger partial charge in [0.1, 0.15) is 11.5 Å². The molecular weight excluding hydrogens is 312 g/mol. The molecule has 0 fully saturated rings. The third kappa shape index (κ3) is 3.21. The quantitative estimate of drug-likeness (QED) is 0.817. The zero-order valence-electron chi connectivity index (χ0n) is 10.1. The van der Waals surface area contributed by atoms with Crippen LogP contribution >= 0.6 is 27.7 Å². The molecule has 0 amide bonds. The Labute approximate surface area is 119 Å². The summed E-state index contributed by atoms with van der Waals surface area (Å²) < 4.78 is 11.4. The molecular formula is C14H13BrO2S. The first kappa shape index (κ1) is 13.3. The third-order valence-electron chi connectivity index (χ3n) is 2.42. The van der Waals surface area contributed by atoms with Crippen LogP contribution in [0.15, 0.2) is 56.7 Å². The van der Waals surface area contributed by atoms with Crippen LogP contribution in [0.3, 0.4) is 0 Å². The van der Waals surface area contributed by atoms with Gasteiger partial charge >= 0.3 is 0 Å². The Hall–Kier alpha value is -1.13. The Morgan fingerprint density at radius 2 is 1.56 bits per heavy atom.